The van der Waals surface area contributed by atoms with E-state index < -0.39 is 12.0 Å². The summed E-state index contributed by atoms with van der Waals surface area (Å²) in [6, 6.07) is 15.7. The van der Waals surface area contributed by atoms with Crippen LogP contribution in [0, 0.1) is 0 Å². The first-order chi connectivity index (χ1) is 14.1. The molecule has 0 radical (unpaired) electrons. The van der Waals surface area contributed by atoms with Gasteiger partial charge in [-0.15, -0.1) is 0 Å². The molecule has 152 valence electrons. The molecule has 1 atom stereocenters. The predicted octanol–water partition coefficient (Wildman–Crippen LogP) is 2.16. The van der Waals surface area contributed by atoms with Crippen LogP contribution in [0.15, 0.2) is 54.6 Å². The van der Waals surface area contributed by atoms with Crippen molar-refractivity contribution in [2.45, 2.75) is 26.0 Å². The number of benzene rings is 2. The largest absolute Gasteiger partial charge is 0.489 e. The number of hydrogen-bond donors (Lipinski definition) is 1. The second kappa shape index (κ2) is 9.73. The highest BCUT2D eigenvalue weighted by Gasteiger charge is 2.35. The Morgan fingerprint density at radius 3 is 2.52 bits per heavy atom. The summed E-state index contributed by atoms with van der Waals surface area (Å²) < 4.78 is 10.7. The third-order valence-electron chi connectivity index (χ3n) is 4.61. The van der Waals surface area contributed by atoms with E-state index in [1.54, 1.807) is 31.2 Å². The number of piperazine rings is 1. The van der Waals surface area contributed by atoms with Crippen molar-refractivity contribution in [2.75, 3.05) is 19.7 Å². The Balaban J connectivity index is 1.66. The van der Waals surface area contributed by atoms with E-state index in [1.807, 2.05) is 30.3 Å². The molecule has 0 aromatic heterocycles. The molecule has 0 spiro atoms. The van der Waals surface area contributed by atoms with Crippen LogP contribution in [0.1, 0.15) is 29.3 Å². The zero-order chi connectivity index (χ0) is 20.6. The Labute approximate surface area is 169 Å². The molecule has 7 heteroatoms. The van der Waals surface area contributed by atoms with E-state index in [0.717, 1.165) is 5.56 Å². The van der Waals surface area contributed by atoms with Crippen LogP contribution in [-0.2, 0) is 20.9 Å². The maximum Gasteiger partial charge on any atom is 0.308 e. The fourth-order valence-corrected chi connectivity index (χ4v) is 3.14. The van der Waals surface area contributed by atoms with Gasteiger partial charge in [-0.05, 0) is 36.8 Å². The van der Waals surface area contributed by atoms with Crippen molar-refractivity contribution in [2.24, 2.45) is 0 Å². The van der Waals surface area contributed by atoms with Crippen LogP contribution < -0.4 is 10.1 Å². The lowest BCUT2D eigenvalue weighted by molar-refractivity contribution is -0.147. The van der Waals surface area contributed by atoms with Crippen molar-refractivity contribution in [3.8, 4) is 5.75 Å². The number of ether oxygens (including phenoxy) is 2. The monoisotopic (exact) mass is 396 g/mol. The van der Waals surface area contributed by atoms with Crippen LogP contribution in [-0.4, -0.2) is 48.4 Å². The van der Waals surface area contributed by atoms with Gasteiger partial charge < -0.3 is 19.7 Å². The summed E-state index contributed by atoms with van der Waals surface area (Å²) >= 11 is 0. The lowest BCUT2D eigenvalue weighted by Gasteiger charge is -2.34. The maximum atomic E-state index is 12.9. The Kier molecular flexibility index (Phi) is 6.84. The number of esters is 1. The molecule has 3 rings (SSSR count). The van der Waals surface area contributed by atoms with Gasteiger partial charge in [0, 0.05) is 18.7 Å². The molecule has 0 aliphatic carbocycles. The fourth-order valence-electron chi connectivity index (χ4n) is 3.14. The minimum atomic E-state index is -0.871. The molecule has 1 saturated heterocycles. The average Bonchev–Trinajstić information content (AvgIpc) is 2.74. The molecular weight excluding hydrogens is 372 g/mol. The first-order valence-electron chi connectivity index (χ1n) is 9.59. The van der Waals surface area contributed by atoms with Crippen molar-refractivity contribution in [3.63, 3.8) is 0 Å². The van der Waals surface area contributed by atoms with Crippen molar-refractivity contribution in [3.05, 3.63) is 65.7 Å². The molecule has 1 unspecified atom stereocenters. The maximum absolute atomic E-state index is 12.9. The van der Waals surface area contributed by atoms with Crippen LogP contribution in [0.3, 0.4) is 0 Å². The summed E-state index contributed by atoms with van der Waals surface area (Å²) in [4.78, 5) is 38.4. The SMILES string of the molecule is CCOC(=O)CC1C(=O)NCCN1C(=O)c1ccc(OCc2ccccc2)cc1. The second-order valence-electron chi connectivity index (χ2n) is 6.61. The van der Waals surface area contributed by atoms with Gasteiger partial charge in [-0.25, -0.2) is 0 Å². The van der Waals surface area contributed by atoms with E-state index in [0.29, 0.717) is 31.0 Å². The average molecular weight is 396 g/mol. The zero-order valence-electron chi connectivity index (χ0n) is 16.3. The number of hydrogen-bond acceptors (Lipinski definition) is 5. The van der Waals surface area contributed by atoms with Gasteiger partial charge in [0.15, 0.2) is 0 Å². The quantitative estimate of drug-likeness (QED) is 0.725. The number of nitrogens with one attached hydrogen (secondary N) is 1. The molecule has 1 N–H and O–H groups in total. The lowest BCUT2D eigenvalue weighted by atomic mass is 10.1. The first kappa shape index (κ1) is 20.4. The Morgan fingerprint density at radius 1 is 1.10 bits per heavy atom. The number of carbonyl (C=O) groups excluding carboxylic acids is 3. The van der Waals surface area contributed by atoms with E-state index in [1.165, 1.54) is 4.90 Å². The van der Waals surface area contributed by atoms with Crippen LogP contribution in [0.4, 0.5) is 0 Å². The van der Waals surface area contributed by atoms with E-state index >= 15 is 0 Å². The predicted molar refractivity (Wildman–Crippen MR) is 106 cm³/mol. The highest BCUT2D eigenvalue weighted by molar-refractivity contribution is 5.99. The van der Waals surface area contributed by atoms with Gasteiger partial charge in [-0.3, -0.25) is 14.4 Å². The molecule has 7 nitrogen and oxygen atoms in total. The third-order valence-corrected chi connectivity index (χ3v) is 4.61. The Hall–Kier alpha value is -3.35. The summed E-state index contributed by atoms with van der Waals surface area (Å²) in [5, 5.41) is 2.70. The van der Waals surface area contributed by atoms with Crippen LogP contribution >= 0.6 is 0 Å². The zero-order valence-corrected chi connectivity index (χ0v) is 16.3. The summed E-state index contributed by atoms with van der Waals surface area (Å²) in [5.41, 5.74) is 1.48. The first-order valence-corrected chi connectivity index (χ1v) is 9.59. The van der Waals surface area contributed by atoms with Crippen molar-refractivity contribution >= 4 is 17.8 Å². The molecule has 29 heavy (non-hydrogen) atoms. The van der Waals surface area contributed by atoms with Gasteiger partial charge in [0.1, 0.15) is 18.4 Å². The summed E-state index contributed by atoms with van der Waals surface area (Å²) in [6.07, 6.45) is -0.163. The Bertz CT molecular complexity index is 851. The molecular formula is C22H24N2O5. The number of rotatable bonds is 7. The van der Waals surface area contributed by atoms with Gasteiger partial charge in [0.2, 0.25) is 5.91 Å². The van der Waals surface area contributed by atoms with Crippen LogP contribution in [0.5, 0.6) is 5.75 Å². The Morgan fingerprint density at radius 2 is 1.83 bits per heavy atom. The lowest BCUT2D eigenvalue weighted by Crippen LogP contribution is -2.57. The van der Waals surface area contributed by atoms with E-state index in [2.05, 4.69) is 5.32 Å². The highest BCUT2D eigenvalue weighted by Crippen LogP contribution is 2.18. The minimum Gasteiger partial charge on any atom is -0.489 e. The molecule has 0 bridgehead atoms. The van der Waals surface area contributed by atoms with E-state index in [4.69, 9.17) is 9.47 Å². The number of carbonyl (C=O) groups is 3. The molecule has 2 amide bonds. The molecule has 1 fully saturated rings. The smallest absolute Gasteiger partial charge is 0.308 e. The van der Waals surface area contributed by atoms with Crippen LogP contribution in [0.2, 0.25) is 0 Å². The molecule has 0 saturated carbocycles. The van der Waals surface area contributed by atoms with Gasteiger partial charge >= 0.3 is 5.97 Å². The third kappa shape index (κ3) is 5.34. The van der Waals surface area contributed by atoms with Gasteiger partial charge in [0.25, 0.3) is 5.91 Å². The van der Waals surface area contributed by atoms with Crippen LogP contribution in [0.25, 0.3) is 0 Å². The molecule has 1 heterocycles. The molecule has 2 aromatic rings. The summed E-state index contributed by atoms with van der Waals surface area (Å²) in [5.74, 6) is -0.508. The summed E-state index contributed by atoms with van der Waals surface area (Å²) in [7, 11) is 0. The summed E-state index contributed by atoms with van der Waals surface area (Å²) in [6.45, 7) is 3.04. The van der Waals surface area contributed by atoms with Gasteiger partial charge in [0.05, 0.1) is 13.0 Å². The van der Waals surface area contributed by atoms with E-state index in [9.17, 15) is 14.4 Å². The number of amides is 2. The fraction of sp³-hybridized carbons (Fsp3) is 0.318. The number of nitrogens with zero attached hydrogens (tertiary/aromatic N) is 1. The topological polar surface area (TPSA) is 84.9 Å². The highest BCUT2D eigenvalue weighted by atomic mass is 16.5. The van der Waals surface area contributed by atoms with Crippen molar-refractivity contribution < 1.29 is 23.9 Å². The van der Waals surface area contributed by atoms with Crippen molar-refractivity contribution in [1.82, 2.24) is 10.2 Å². The van der Waals surface area contributed by atoms with Gasteiger partial charge in [-0.2, -0.15) is 0 Å². The standard InChI is InChI=1S/C22H24N2O5/c1-2-28-20(25)14-19-21(26)23-12-13-24(19)22(27)17-8-10-18(11-9-17)29-15-16-6-4-3-5-7-16/h3-11,19H,2,12-15H2,1H3,(H,23,26). The van der Waals surface area contributed by atoms with E-state index in [-0.39, 0.29) is 24.8 Å². The normalized spacial score (nSPS) is 16.1. The molecule has 2 aromatic carbocycles. The second-order valence-corrected chi connectivity index (χ2v) is 6.61. The molecule has 1 aliphatic heterocycles. The molecule has 1 aliphatic rings. The van der Waals surface area contributed by atoms with Gasteiger partial charge in [-0.1, -0.05) is 30.3 Å². The minimum absolute atomic E-state index is 0.163. The van der Waals surface area contributed by atoms with Crippen molar-refractivity contribution in [1.29, 1.82) is 0 Å².